The summed E-state index contributed by atoms with van der Waals surface area (Å²) in [5.41, 5.74) is 0.928. The van der Waals surface area contributed by atoms with E-state index in [0.29, 0.717) is 12.0 Å². The van der Waals surface area contributed by atoms with Gasteiger partial charge in [-0.1, -0.05) is 31.8 Å². The highest BCUT2D eigenvalue weighted by atomic mass is 16.5. The normalized spacial score (nSPS) is 22.1. The van der Waals surface area contributed by atoms with Crippen molar-refractivity contribution < 1.29 is 9.94 Å². The van der Waals surface area contributed by atoms with Crippen molar-refractivity contribution in [3.8, 4) is 0 Å². The molecule has 88 valence electrons. The average molecular weight is 213 g/mol. The predicted octanol–water partition coefficient (Wildman–Crippen LogP) is 3.21. The molecule has 0 aromatic heterocycles. The van der Waals surface area contributed by atoms with Gasteiger partial charge in [-0.05, 0) is 31.6 Å². The van der Waals surface area contributed by atoms with Crippen LogP contribution in [0.3, 0.4) is 0 Å². The van der Waals surface area contributed by atoms with Gasteiger partial charge in [-0.25, -0.2) is 0 Å². The van der Waals surface area contributed by atoms with Crippen LogP contribution in [-0.2, 0) is 4.74 Å². The van der Waals surface area contributed by atoms with Crippen LogP contribution in [0.1, 0.15) is 52.4 Å². The van der Waals surface area contributed by atoms with Gasteiger partial charge in [-0.3, -0.25) is 0 Å². The summed E-state index contributed by atoms with van der Waals surface area (Å²) in [6.45, 7) is 5.33. The molecule has 1 fully saturated rings. The molecule has 0 spiro atoms. The van der Waals surface area contributed by atoms with Gasteiger partial charge in [0.25, 0.3) is 0 Å². The second-order valence-electron chi connectivity index (χ2n) is 4.38. The molecule has 0 saturated heterocycles. The third-order valence-electron chi connectivity index (χ3n) is 3.37. The molecular weight excluding hydrogens is 190 g/mol. The van der Waals surface area contributed by atoms with Crippen molar-refractivity contribution in [1.82, 2.24) is 0 Å². The molecule has 15 heavy (non-hydrogen) atoms. The molecule has 3 heteroatoms. The SMILES string of the molecule is CCC(CC)COC1CCC(=NO)CC1. The first kappa shape index (κ1) is 12.5. The lowest BCUT2D eigenvalue weighted by atomic mass is 9.95. The van der Waals surface area contributed by atoms with Crippen LogP contribution >= 0.6 is 0 Å². The highest BCUT2D eigenvalue weighted by Crippen LogP contribution is 2.20. The fourth-order valence-electron chi connectivity index (χ4n) is 1.99. The van der Waals surface area contributed by atoms with Crippen molar-refractivity contribution in [1.29, 1.82) is 0 Å². The van der Waals surface area contributed by atoms with Crippen LogP contribution in [0.4, 0.5) is 0 Å². The minimum absolute atomic E-state index is 0.385. The van der Waals surface area contributed by atoms with Crippen molar-refractivity contribution >= 4 is 5.71 Å². The summed E-state index contributed by atoms with van der Waals surface area (Å²) < 4.78 is 5.88. The van der Waals surface area contributed by atoms with E-state index in [0.717, 1.165) is 38.0 Å². The van der Waals surface area contributed by atoms with E-state index in [-0.39, 0.29) is 0 Å². The molecule has 1 aliphatic rings. The third kappa shape index (κ3) is 4.20. The minimum Gasteiger partial charge on any atom is -0.411 e. The summed E-state index contributed by atoms with van der Waals surface area (Å²) in [6.07, 6.45) is 6.60. The summed E-state index contributed by atoms with van der Waals surface area (Å²) >= 11 is 0. The molecule has 0 bridgehead atoms. The Kier molecular flexibility index (Phi) is 5.69. The van der Waals surface area contributed by atoms with Crippen LogP contribution in [-0.4, -0.2) is 23.6 Å². The van der Waals surface area contributed by atoms with E-state index >= 15 is 0 Å². The molecule has 1 N–H and O–H groups in total. The molecule has 0 radical (unpaired) electrons. The maximum absolute atomic E-state index is 8.62. The van der Waals surface area contributed by atoms with E-state index in [4.69, 9.17) is 9.94 Å². The molecule has 0 aromatic carbocycles. The Morgan fingerprint density at radius 3 is 2.40 bits per heavy atom. The van der Waals surface area contributed by atoms with Crippen molar-refractivity contribution in [3.63, 3.8) is 0 Å². The maximum Gasteiger partial charge on any atom is 0.0582 e. The standard InChI is InChI=1S/C12H23NO2/c1-3-10(4-2)9-15-12-7-5-11(13-14)6-8-12/h10,12,14H,3-9H2,1-2H3. The van der Waals surface area contributed by atoms with Crippen molar-refractivity contribution in [2.45, 2.75) is 58.5 Å². The number of ether oxygens (including phenoxy) is 1. The molecule has 0 amide bonds. The van der Waals surface area contributed by atoms with Crippen LogP contribution in [0.2, 0.25) is 0 Å². The zero-order valence-electron chi connectivity index (χ0n) is 9.91. The molecule has 0 unspecified atom stereocenters. The van der Waals surface area contributed by atoms with E-state index < -0.39 is 0 Å². The highest BCUT2D eigenvalue weighted by molar-refractivity contribution is 5.84. The topological polar surface area (TPSA) is 41.8 Å². The first-order chi connectivity index (χ1) is 7.30. The fraction of sp³-hybridized carbons (Fsp3) is 0.917. The Hall–Kier alpha value is -0.570. The molecule has 0 aromatic rings. The van der Waals surface area contributed by atoms with Gasteiger partial charge < -0.3 is 9.94 Å². The van der Waals surface area contributed by atoms with Gasteiger partial charge in [-0.2, -0.15) is 0 Å². The summed E-state index contributed by atoms with van der Waals surface area (Å²) in [4.78, 5) is 0. The first-order valence-corrected chi connectivity index (χ1v) is 6.11. The number of oxime groups is 1. The van der Waals surface area contributed by atoms with E-state index in [1.165, 1.54) is 12.8 Å². The van der Waals surface area contributed by atoms with Crippen LogP contribution in [0, 0.1) is 5.92 Å². The quantitative estimate of drug-likeness (QED) is 0.563. The van der Waals surface area contributed by atoms with Crippen LogP contribution < -0.4 is 0 Å². The Morgan fingerprint density at radius 1 is 1.33 bits per heavy atom. The lowest BCUT2D eigenvalue weighted by Crippen LogP contribution is -2.24. The Bertz CT molecular complexity index is 190. The van der Waals surface area contributed by atoms with Crippen LogP contribution in [0.15, 0.2) is 5.16 Å². The minimum atomic E-state index is 0.385. The van der Waals surface area contributed by atoms with Gasteiger partial charge in [0, 0.05) is 6.61 Å². The van der Waals surface area contributed by atoms with Crippen LogP contribution in [0.5, 0.6) is 0 Å². The van der Waals surface area contributed by atoms with Gasteiger partial charge in [0.2, 0.25) is 0 Å². The summed E-state index contributed by atoms with van der Waals surface area (Å²) in [5.74, 6) is 0.706. The van der Waals surface area contributed by atoms with Crippen molar-refractivity contribution in [2.75, 3.05) is 6.61 Å². The van der Waals surface area contributed by atoms with E-state index in [9.17, 15) is 0 Å². The van der Waals surface area contributed by atoms with Crippen molar-refractivity contribution in [3.05, 3.63) is 0 Å². The van der Waals surface area contributed by atoms with Gasteiger partial charge >= 0.3 is 0 Å². The van der Waals surface area contributed by atoms with Gasteiger partial charge in [0.15, 0.2) is 0 Å². The molecule has 0 atom stereocenters. The second-order valence-corrected chi connectivity index (χ2v) is 4.38. The third-order valence-corrected chi connectivity index (χ3v) is 3.37. The van der Waals surface area contributed by atoms with Crippen LogP contribution in [0.25, 0.3) is 0 Å². The average Bonchev–Trinajstić information content (AvgIpc) is 2.31. The highest BCUT2D eigenvalue weighted by Gasteiger charge is 2.19. The monoisotopic (exact) mass is 213 g/mol. The number of nitrogens with zero attached hydrogens (tertiary/aromatic N) is 1. The smallest absolute Gasteiger partial charge is 0.0582 e. The molecule has 3 nitrogen and oxygen atoms in total. The second kappa shape index (κ2) is 6.83. The fourth-order valence-corrected chi connectivity index (χ4v) is 1.99. The molecular formula is C12H23NO2. The number of rotatable bonds is 5. The van der Waals surface area contributed by atoms with Gasteiger partial charge in [-0.15, -0.1) is 0 Å². The molecule has 0 heterocycles. The molecule has 1 aliphatic carbocycles. The number of hydrogen-bond donors (Lipinski definition) is 1. The molecule has 1 rings (SSSR count). The zero-order chi connectivity index (χ0) is 11.1. The maximum atomic E-state index is 8.62. The van der Waals surface area contributed by atoms with Crippen molar-refractivity contribution in [2.24, 2.45) is 11.1 Å². The largest absolute Gasteiger partial charge is 0.411 e. The number of hydrogen-bond acceptors (Lipinski definition) is 3. The van der Waals surface area contributed by atoms with E-state index in [1.807, 2.05) is 0 Å². The Labute approximate surface area is 92.5 Å². The Balaban J connectivity index is 2.18. The van der Waals surface area contributed by atoms with Gasteiger partial charge in [0.05, 0.1) is 11.8 Å². The first-order valence-electron chi connectivity index (χ1n) is 6.11. The van der Waals surface area contributed by atoms with E-state index in [2.05, 4.69) is 19.0 Å². The summed E-state index contributed by atoms with van der Waals surface area (Å²) in [7, 11) is 0. The van der Waals surface area contributed by atoms with E-state index in [1.54, 1.807) is 0 Å². The lowest BCUT2D eigenvalue weighted by Gasteiger charge is -2.24. The molecule has 1 saturated carbocycles. The predicted molar refractivity (Wildman–Crippen MR) is 61.5 cm³/mol. The summed E-state index contributed by atoms with van der Waals surface area (Å²) in [6, 6.07) is 0. The lowest BCUT2D eigenvalue weighted by molar-refractivity contribution is 0.0160. The molecule has 0 aliphatic heterocycles. The Morgan fingerprint density at radius 2 is 1.93 bits per heavy atom. The van der Waals surface area contributed by atoms with Gasteiger partial charge in [0.1, 0.15) is 0 Å². The zero-order valence-corrected chi connectivity index (χ0v) is 9.91. The summed E-state index contributed by atoms with van der Waals surface area (Å²) in [5, 5.41) is 11.9.